The number of imidazole rings is 1. The molecule has 0 fully saturated rings. The van der Waals surface area contributed by atoms with Gasteiger partial charge in [-0.1, -0.05) is 35.3 Å². The van der Waals surface area contributed by atoms with Crippen molar-refractivity contribution in [3.05, 3.63) is 111 Å². The van der Waals surface area contributed by atoms with Crippen molar-refractivity contribution < 1.29 is 41.7 Å². The Balaban J connectivity index is 1.82. The molecule has 9 nitrogen and oxygen atoms in total. The smallest absolute Gasteiger partial charge is 0.331 e. The van der Waals surface area contributed by atoms with E-state index in [1.54, 1.807) is 32.0 Å². The van der Waals surface area contributed by atoms with E-state index in [2.05, 4.69) is 4.98 Å². The normalized spacial score (nSPS) is 12.5. The van der Waals surface area contributed by atoms with Gasteiger partial charge in [-0.3, -0.25) is 4.57 Å². The van der Waals surface area contributed by atoms with Crippen molar-refractivity contribution in [2.75, 3.05) is 6.26 Å². The topological polar surface area (TPSA) is 136 Å². The number of carbonyl (C=O) groups excluding carboxylic acids is 1. The van der Waals surface area contributed by atoms with Gasteiger partial charge in [0.05, 0.1) is 21.7 Å². The Morgan fingerprint density at radius 1 is 0.979 bits per heavy atom. The number of esters is 1. The number of aromatic nitrogens is 2. The first-order valence-corrected chi connectivity index (χ1v) is 16.5. The quantitative estimate of drug-likeness (QED) is 0.136. The molecule has 1 aromatic heterocycles. The summed E-state index contributed by atoms with van der Waals surface area (Å²) in [6, 6.07) is 11.1. The van der Waals surface area contributed by atoms with Crippen LogP contribution in [0.3, 0.4) is 0 Å². The lowest BCUT2D eigenvalue weighted by molar-refractivity contribution is -0.140. The standard InChI is InChI=1S/C33H30Cl2F2N2O7S/c1-32(2,30-21(34)7-6-8-22(30)35)31-38-27(33(3,4)43)16-39(31)25-10-9-18(13-24(25)37)19-14-23(36)20(26(15-19)47(5,44)45)17-46-29(42)12-11-28(40)41/h6-16,43H,17H2,1-5H3,(H,40,41)/b12-11+. The van der Waals surface area contributed by atoms with Gasteiger partial charge >= 0.3 is 11.9 Å². The first-order valence-electron chi connectivity index (χ1n) is 13.9. The van der Waals surface area contributed by atoms with Crippen molar-refractivity contribution in [1.29, 1.82) is 0 Å². The van der Waals surface area contributed by atoms with Gasteiger partial charge in [0.2, 0.25) is 0 Å². The molecule has 4 aromatic rings. The third-order valence-electron chi connectivity index (χ3n) is 7.29. The molecule has 0 spiro atoms. The van der Waals surface area contributed by atoms with Gasteiger partial charge in [0.1, 0.15) is 29.7 Å². The minimum atomic E-state index is -4.08. The second-order valence-corrected chi connectivity index (χ2v) is 14.6. The molecule has 0 saturated heterocycles. The van der Waals surface area contributed by atoms with E-state index in [0.29, 0.717) is 33.6 Å². The molecule has 0 unspecified atom stereocenters. The van der Waals surface area contributed by atoms with E-state index in [4.69, 9.17) is 33.0 Å². The fourth-order valence-electron chi connectivity index (χ4n) is 4.97. The summed E-state index contributed by atoms with van der Waals surface area (Å²) in [7, 11) is -4.08. The van der Waals surface area contributed by atoms with Gasteiger partial charge < -0.3 is 14.9 Å². The van der Waals surface area contributed by atoms with E-state index >= 15 is 8.78 Å². The van der Waals surface area contributed by atoms with Crippen LogP contribution in [0, 0.1) is 11.6 Å². The summed E-state index contributed by atoms with van der Waals surface area (Å²) in [5.74, 6) is -4.07. The lowest BCUT2D eigenvalue weighted by atomic mass is 9.83. The van der Waals surface area contributed by atoms with Gasteiger partial charge in [-0.2, -0.15) is 0 Å². The van der Waals surface area contributed by atoms with Crippen LogP contribution < -0.4 is 0 Å². The molecule has 0 radical (unpaired) electrons. The lowest BCUT2D eigenvalue weighted by Crippen LogP contribution is -2.25. The summed E-state index contributed by atoms with van der Waals surface area (Å²) in [4.78, 5) is 26.6. The van der Waals surface area contributed by atoms with Crippen LogP contribution in [-0.2, 0) is 41.8 Å². The van der Waals surface area contributed by atoms with Crippen molar-refractivity contribution in [1.82, 2.24) is 9.55 Å². The van der Waals surface area contributed by atoms with E-state index in [1.165, 1.54) is 36.7 Å². The van der Waals surface area contributed by atoms with Crippen LogP contribution in [-0.4, -0.2) is 46.4 Å². The number of benzene rings is 3. The number of ether oxygens (including phenoxy) is 1. The molecule has 0 atom stereocenters. The third-order valence-corrected chi connectivity index (χ3v) is 9.09. The van der Waals surface area contributed by atoms with Crippen LogP contribution in [0.2, 0.25) is 10.0 Å². The maximum atomic E-state index is 16.0. The highest BCUT2D eigenvalue weighted by atomic mass is 35.5. The molecule has 14 heteroatoms. The first-order chi connectivity index (χ1) is 21.7. The molecule has 4 rings (SSSR count). The molecule has 0 saturated carbocycles. The Morgan fingerprint density at radius 2 is 1.60 bits per heavy atom. The van der Waals surface area contributed by atoms with Gasteiger partial charge in [-0.25, -0.2) is 31.8 Å². The zero-order chi connectivity index (χ0) is 35.1. The second kappa shape index (κ2) is 13.2. The Morgan fingerprint density at radius 3 is 2.15 bits per heavy atom. The highest BCUT2D eigenvalue weighted by molar-refractivity contribution is 7.90. The van der Waals surface area contributed by atoms with Crippen molar-refractivity contribution >= 4 is 45.0 Å². The molecular formula is C33H30Cl2F2N2O7S. The molecular weight excluding hydrogens is 677 g/mol. The molecule has 0 bridgehead atoms. The van der Waals surface area contributed by atoms with Gasteiger partial charge in [0.15, 0.2) is 9.84 Å². The van der Waals surface area contributed by atoms with Crippen molar-refractivity contribution in [2.24, 2.45) is 0 Å². The van der Waals surface area contributed by atoms with Gasteiger partial charge in [-0.05, 0) is 75.2 Å². The zero-order valence-electron chi connectivity index (χ0n) is 25.8. The Labute approximate surface area is 280 Å². The molecule has 3 aromatic carbocycles. The second-order valence-electron chi connectivity index (χ2n) is 11.8. The molecule has 248 valence electrons. The number of rotatable bonds is 10. The van der Waals surface area contributed by atoms with E-state index in [-0.39, 0.29) is 22.5 Å². The maximum absolute atomic E-state index is 16.0. The number of carboxylic acid groups (broad SMARTS) is 1. The van der Waals surface area contributed by atoms with Gasteiger partial charge in [0, 0.05) is 45.8 Å². The molecule has 0 amide bonds. The summed E-state index contributed by atoms with van der Waals surface area (Å²) in [6.45, 7) is 5.86. The first kappa shape index (κ1) is 35.7. The number of sulfone groups is 1. The molecule has 47 heavy (non-hydrogen) atoms. The Kier molecular flexibility index (Phi) is 10.0. The van der Waals surface area contributed by atoms with E-state index in [1.807, 2.05) is 0 Å². The SMILES string of the molecule is CC(C)(O)c1cn(-c2ccc(-c3cc(F)c(COC(=O)/C=C/C(=O)O)c(S(C)(=O)=O)c3)cc2F)c(C(C)(C)c2c(Cl)cccc2Cl)n1. The fraction of sp³-hybridized carbons (Fsp3) is 0.242. The van der Waals surface area contributed by atoms with Gasteiger partial charge in [-0.15, -0.1) is 0 Å². The van der Waals surface area contributed by atoms with Crippen LogP contribution in [0.4, 0.5) is 8.78 Å². The molecule has 1 heterocycles. The molecule has 2 N–H and O–H groups in total. The maximum Gasteiger partial charge on any atom is 0.331 e. The molecule has 0 aliphatic carbocycles. The number of carbonyl (C=O) groups is 2. The van der Waals surface area contributed by atoms with E-state index < -0.39 is 61.5 Å². The lowest BCUT2D eigenvalue weighted by Gasteiger charge is -2.28. The van der Waals surface area contributed by atoms with Crippen molar-refractivity contribution in [3.63, 3.8) is 0 Å². The largest absolute Gasteiger partial charge is 0.478 e. The summed E-state index contributed by atoms with van der Waals surface area (Å²) in [5.41, 5.74) is -1.94. The van der Waals surface area contributed by atoms with Crippen LogP contribution in [0.15, 0.2) is 71.8 Å². The summed E-state index contributed by atoms with van der Waals surface area (Å²) in [5, 5.41) is 20.1. The predicted molar refractivity (Wildman–Crippen MR) is 172 cm³/mol. The van der Waals surface area contributed by atoms with Crippen molar-refractivity contribution in [2.45, 2.75) is 50.2 Å². The third kappa shape index (κ3) is 7.73. The van der Waals surface area contributed by atoms with Crippen LogP contribution in [0.5, 0.6) is 0 Å². The minimum absolute atomic E-state index is 0.0143. The number of aliphatic carboxylic acids is 1. The number of nitrogens with zero attached hydrogens (tertiary/aromatic N) is 2. The van der Waals surface area contributed by atoms with Crippen molar-refractivity contribution in [3.8, 4) is 16.8 Å². The number of hydrogen-bond acceptors (Lipinski definition) is 7. The number of hydrogen-bond donors (Lipinski definition) is 2. The zero-order valence-corrected chi connectivity index (χ0v) is 28.1. The minimum Gasteiger partial charge on any atom is -0.478 e. The van der Waals surface area contributed by atoms with Gasteiger partial charge in [0.25, 0.3) is 0 Å². The predicted octanol–water partition coefficient (Wildman–Crippen LogP) is 6.77. The Hall–Kier alpha value is -4.10. The number of aliphatic hydroxyl groups is 1. The number of halogens is 4. The average molecular weight is 708 g/mol. The average Bonchev–Trinajstić information content (AvgIpc) is 3.41. The van der Waals surface area contributed by atoms with Crippen LogP contribution in [0.25, 0.3) is 16.8 Å². The van der Waals surface area contributed by atoms with E-state index in [0.717, 1.165) is 24.5 Å². The fourth-order valence-corrected chi connectivity index (χ4v) is 6.78. The molecule has 0 aliphatic heterocycles. The summed E-state index contributed by atoms with van der Waals surface area (Å²) in [6.07, 6.45) is 3.43. The highest BCUT2D eigenvalue weighted by Crippen LogP contribution is 2.42. The highest BCUT2D eigenvalue weighted by Gasteiger charge is 2.36. The monoisotopic (exact) mass is 706 g/mol. The molecule has 0 aliphatic rings. The summed E-state index contributed by atoms with van der Waals surface area (Å²) >= 11 is 13.1. The Bertz CT molecular complexity index is 2010. The van der Waals surface area contributed by atoms with Crippen LogP contribution >= 0.6 is 23.2 Å². The number of carboxylic acids is 1. The summed E-state index contributed by atoms with van der Waals surface area (Å²) < 4.78 is 62.9. The van der Waals surface area contributed by atoms with Crippen LogP contribution in [0.1, 0.15) is 50.3 Å². The van der Waals surface area contributed by atoms with E-state index in [9.17, 15) is 23.1 Å².